The van der Waals surface area contributed by atoms with Gasteiger partial charge in [0, 0.05) is 4.88 Å². The molecule has 9 heteroatoms. The first-order chi connectivity index (χ1) is 12.8. The maximum absolute atomic E-state index is 12.7. The lowest BCUT2D eigenvalue weighted by molar-refractivity contribution is -0.115. The standard InChI is InChI=1S/C18H24N6OS2/c1-11(26-17-21-22-23-24(17)18(2,3)4)15(25)20-16-13(10-19)12-8-6-5-7-9-14(12)27-16/h11H,5-9H2,1-4H3,(H,20,25). The van der Waals surface area contributed by atoms with Crippen LogP contribution in [-0.4, -0.2) is 31.4 Å². The molecule has 2 aromatic heterocycles. The number of fused-ring (bicyclic) bond motifs is 1. The Morgan fingerprint density at radius 3 is 2.78 bits per heavy atom. The van der Waals surface area contributed by atoms with E-state index in [2.05, 4.69) is 26.9 Å². The second-order valence-electron chi connectivity index (χ2n) is 7.67. The quantitative estimate of drug-likeness (QED) is 0.616. The zero-order valence-electron chi connectivity index (χ0n) is 16.1. The highest BCUT2D eigenvalue weighted by atomic mass is 32.2. The van der Waals surface area contributed by atoms with Crippen LogP contribution >= 0.6 is 23.1 Å². The molecule has 0 aromatic carbocycles. The number of nitrogens with one attached hydrogen (secondary N) is 1. The monoisotopic (exact) mass is 404 g/mol. The number of thioether (sulfide) groups is 1. The molecule has 27 heavy (non-hydrogen) atoms. The van der Waals surface area contributed by atoms with Gasteiger partial charge < -0.3 is 5.32 Å². The summed E-state index contributed by atoms with van der Waals surface area (Å²) in [5.41, 5.74) is 1.51. The van der Waals surface area contributed by atoms with Crippen LogP contribution in [0.5, 0.6) is 0 Å². The second kappa shape index (κ2) is 7.98. The Hall–Kier alpha value is -1.92. The molecule has 1 aliphatic rings. The first-order valence-corrected chi connectivity index (χ1v) is 10.8. The number of amides is 1. The Morgan fingerprint density at radius 1 is 1.33 bits per heavy atom. The smallest absolute Gasteiger partial charge is 0.238 e. The Balaban J connectivity index is 1.74. The number of aryl methyl sites for hydroxylation is 1. The van der Waals surface area contributed by atoms with Crippen LogP contribution in [0.1, 0.15) is 63.0 Å². The van der Waals surface area contributed by atoms with E-state index in [4.69, 9.17) is 0 Å². The van der Waals surface area contributed by atoms with Crippen molar-refractivity contribution in [2.45, 2.75) is 75.7 Å². The van der Waals surface area contributed by atoms with Gasteiger partial charge in [0.05, 0.1) is 16.4 Å². The van der Waals surface area contributed by atoms with Crippen LogP contribution < -0.4 is 5.32 Å². The van der Waals surface area contributed by atoms with E-state index in [1.807, 2.05) is 27.7 Å². The summed E-state index contributed by atoms with van der Waals surface area (Å²) in [6, 6.07) is 2.30. The van der Waals surface area contributed by atoms with E-state index in [0.29, 0.717) is 15.7 Å². The third-order valence-corrected chi connectivity index (χ3v) is 6.74. The summed E-state index contributed by atoms with van der Waals surface area (Å²) in [6.07, 6.45) is 5.37. The molecule has 0 spiro atoms. The first-order valence-electron chi connectivity index (χ1n) is 9.12. The number of carbonyl (C=O) groups excluding carboxylic acids is 1. The molecule has 2 aromatic rings. The van der Waals surface area contributed by atoms with Gasteiger partial charge in [-0.3, -0.25) is 4.79 Å². The molecule has 1 atom stereocenters. The van der Waals surface area contributed by atoms with Crippen LogP contribution in [0.25, 0.3) is 0 Å². The van der Waals surface area contributed by atoms with E-state index in [9.17, 15) is 10.1 Å². The third kappa shape index (κ3) is 4.33. The molecule has 1 aliphatic carbocycles. The molecular weight excluding hydrogens is 380 g/mol. The van der Waals surface area contributed by atoms with Crippen LogP contribution in [-0.2, 0) is 23.2 Å². The predicted molar refractivity (Wildman–Crippen MR) is 107 cm³/mol. The Bertz CT molecular complexity index is 874. The summed E-state index contributed by atoms with van der Waals surface area (Å²) in [6.45, 7) is 7.86. The number of hydrogen-bond donors (Lipinski definition) is 1. The van der Waals surface area contributed by atoms with Crippen LogP contribution in [0.15, 0.2) is 5.16 Å². The largest absolute Gasteiger partial charge is 0.316 e. The van der Waals surface area contributed by atoms with Crippen LogP contribution in [0, 0.1) is 11.3 Å². The molecule has 1 unspecified atom stereocenters. The third-order valence-electron chi connectivity index (χ3n) is 4.50. The van der Waals surface area contributed by atoms with Gasteiger partial charge in [-0.1, -0.05) is 18.2 Å². The lowest BCUT2D eigenvalue weighted by Gasteiger charge is -2.20. The van der Waals surface area contributed by atoms with Crippen molar-refractivity contribution in [3.05, 3.63) is 16.0 Å². The number of rotatable bonds is 4. The number of nitrogens with zero attached hydrogens (tertiary/aromatic N) is 5. The number of aromatic nitrogens is 4. The number of tetrazole rings is 1. The predicted octanol–water partition coefficient (Wildman–Crippen LogP) is 3.75. The highest BCUT2D eigenvalue weighted by molar-refractivity contribution is 8.00. The van der Waals surface area contributed by atoms with E-state index in [-0.39, 0.29) is 16.7 Å². The zero-order chi connectivity index (χ0) is 19.6. The van der Waals surface area contributed by atoms with E-state index in [1.165, 1.54) is 23.1 Å². The summed E-state index contributed by atoms with van der Waals surface area (Å²) in [4.78, 5) is 14.0. The summed E-state index contributed by atoms with van der Waals surface area (Å²) >= 11 is 2.87. The molecule has 3 rings (SSSR count). The fraction of sp³-hybridized carbons (Fsp3) is 0.611. The number of nitriles is 1. The molecule has 0 saturated carbocycles. The molecule has 0 bridgehead atoms. The highest BCUT2D eigenvalue weighted by Gasteiger charge is 2.26. The molecule has 1 N–H and O–H groups in total. The van der Waals surface area contributed by atoms with Crippen LogP contribution in [0.3, 0.4) is 0 Å². The van der Waals surface area contributed by atoms with Gasteiger partial charge in [-0.15, -0.1) is 16.4 Å². The SMILES string of the molecule is CC(Sc1nnnn1C(C)(C)C)C(=O)Nc1sc2c(c1C#N)CCCCC2. The topological polar surface area (TPSA) is 96.5 Å². The summed E-state index contributed by atoms with van der Waals surface area (Å²) in [7, 11) is 0. The molecule has 0 fully saturated rings. The lowest BCUT2D eigenvalue weighted by atomic mass is 10.1. The van der Waals surface area contributed by atoms with Gasteiger partial charge in [-0.2, -0.15) is 5.26 Å². The first kappa shape index (κ1) is 19.8. The second-order valence-corrected chi connectivity index (χ2v) is 10.1. The van der Waals surface area contributed by atoms with Crippen molar-refractivity contribution in [3.63, 3.8) is 0 Å². The van der Waals surface area contributed by atoms with Gasteiger partial charge in [0.15, 0.2) is 0 Å². The number of anilines is 1. The van der Waals surface area contributed by atoms with Gasteiger partial charge in [-0.25, -0.2) is 4.68 Å². The summed E-state index contributed by atoms with van der Waals surface area (Å²) < 4.78 is 1.72. The van der Waals surface area contributed by atoms with E-state index < -0.39 is 0 Å². The van der Waals surface area contributed by atoms with Crippen molar-refractivity contribution in [1.82, 2.24) is 20.2 Å². The molecule has 7 nitrogen and oxygen atoms in total. The molecule has 2 heterocycles. The Morgan fingerprint density at radius 2 is 2.07 bits per heavy atom. The Kier molecular flexibility index (Phi) is 5.86. The van der Waals surface area contributed by atoms with Crippen LogP contribution in [0.4, 0.5) is 5.00 Å². The molecule has 0 saturated heterocycles. The van der Waals surface area contributed by atoms with E-state index in [0.717, 1.165) is 31.2 Å². The fourth-order valence-electron chi connectivity index (χ4n) is 3.05. The molecular formula is C18H24N6OS2. The van der Waals surface area contributed by atoms with E-state index >= 15 is 0 Å². The molecule has 144 valence electrons. The summed E-state index contributed by atoms with van der Waals surface area (Å²) in [5.74, 6) is -0.142. The minimum Gasteiger partial charge on any atom is -0.316 e. The zero-order valence-corrected chi connectivity index (χ0v) is 17.7. The van der Waals surface area contributed by atoms with Crippen molar-refractivity contribution in [1.29, 1.82) is 5.26 Å². The van der Waals surface area contributed by atoms with Gasteiger partial charge >= 0.3 is 0 Å². The van der Waals surface area contributed by atoms with Crippen molar-refractivity contribution in [2.24, 2.45) is 0 Å². The van der Waals surface area contributed by atoms with E-state index in [1.54, 1.807) is 16.0 Å². The maximum atomic E-state index is 12.7. The van der Waals surface area contributed by atoms with Crippen molar-refractivity contribution >= 4 is 34.0 Å². The average molecular weight is 405 g/mol. The van der Waals surface area contributed by atoms with Gasteiger partial charge in [0.2, 0.25) is 11.1 Å². The van der Waals surface area contributed by atoms with Gasteiger partial charge in [-0.05, 0) is 69.4 Å². The van der Waals surface area contributed by atoms with Crippen LogP contribution in [0.2, 0.25) is 0 Å². The molecule has 1 amide bonds. The maximum Gasteiger partial charge on any atom is 0.238 e. The normalized spacial score (nSPS) is 15.5. The molecule has 0 radical (unpaired) electrons. The van der Waals surface area contributed by atoms with Gasteiger partial charge in [0.1, 0.15) is 11.1 Å². The van der Waals surface area contributed by atoms with Crippen molar-refractivity contribution in [3.8, 4) is 6.07 Å². The summed E-state index contributed by atoms with van der Waals surface area (Å²) in [5, 5.41) is 25.3. The minimum atomic E-state index is -0.384. The van der Waals surface area contributed by atoms with Crippen molar-refractivity contribution < 1.29 is 4.79 Å². The fourth-order valence-corrected chi connectivity index (χ4v) is 5.27. The lowest BCUT2D eigenvalue weighted by Crippen LogP contribution is -2.27. The number of thiophene rings is 1. The number of carbonyl (C=O) groups is 1. The van der Waals surface area contributed by atoms with Gasteiger partial charge in [0.25, 0.3) is 0 Å². The minimum absolute atomic E-state index is 0.142. The average Bonchev–Trinajstić information content (AvgIpc) is 3.12. The van der Waals surface area contributed by atoms with Crippen molar-refractivity contribution in [2.75, 3.05) is 5.32 Å². The highest BCUT2D eigenvalue weighted by Crippen LogP contribution is 2.37. The Labute approximate surface area is 167 Å². The molecule has 0 aliphatic heterocycles. The number of hydrogen-bond acceptors (Lipinski definition) is 7.